The molecular weight excluding hydrogens is 230 g/mol. The third-order valence-electron chi connectivity index (χ3n) is 2.99. The second-order valence-corrected chi connectivity index (χ2v) is 4.35. The van der Waals surface area contributed by atoms with Crippen LogP contribution in [0.2, 0.25) is 0 Å². The highest BCUT2D eigenvalue weighted by molar-refractivity contribution is 5.61. The summed E-state index contributed by atoms with van der Waals surface area (Å²) in [4.78, 5) is 6.67. The third kappa shape index (κ3) is 3.48. The summed E-state index contributed by atoms with van der Waals surface area (Å²) in [7, 11) is 1.60. The number of nitrogens with one attached hydrogen (secondary N) is 2. The van der Waals surface area contributed by atoms with Crippen LogP contribution in [0, 0.1) is 0 Å². The van der Waals surface area contributed by atoms with Crippen LogP contribution in [0.1, 0.15) is 6.42 Å². The number of rotatable bonds is 6. The van der Waals surface area contributed by atoms with Crippen molar-refractivity contribution in [1.82, 2.24) is 15.2 Å². The van der Waals surface area contributed by atoms with Gasteiger partial charge in [0.05, 0.1) is 12.8 Å². The van der Waals surface area contributed by atoms with Crippen LogP contribution in [0.3, 0.4) is 0 Å². The molecule has 0 amide bonds. The minimum Gasteiger partial charge on any atom is -0.481 e. The molecule has 6 heteroatoms. The van der Waals surface area contributed by atoms with E-state index in [4.69, 9.17) is 10.5 Å². The van der Waals surface area contributed by atoms with Gasteiger partial charge in [0.25, 0.3) is 0 Å². The van der Waals surface area contributed by atoms with Crippen LogP contribution in [0.4, 0.5) is 11.5 Å². The molecule has 1 aliphatic heterocycles. The monoisotopic (exact) mass is 251 g/mol. The predicted molar refractivity (Wildman–Crippen MR) is 72.8 cm³/mol. The highest BCUT2D eigenvalue weighted by Gasteiger charge is 2.09. The lowest BCUT2D eigenvalue weighted by Crippen LogP contribution is -2.24. The van der Waals surface area contributed by atoms with Crippen molar-refractivity contribution in [3.05, 3.63) is 12.1 Å². The molecule has 1 fully saturated rings. The van der Waals surface area contributed by atoms with Crippen molar-refractivity contribution in [1.29, 1.82) is 0 Å². The minimum absolute atomic E-state index is 0.579. The predicted octanol–water partition coefficient (Wildman–Crippen LogP) is 0.337. The van der Waals surface area contributed by atoms with Crippen molar-refractivity contribution in [2.75, 3.05) is 51.0 Å². The summed E-state index contributed by atoms with van der Waals surface area (Å²) in [5.74, 6) is 1.28. The largest absolute Gasteiger partial charge is 0.481 e. The van der Waals surface area contributed by atoms with Crippen LogP contribution in [-0.4, -0.2) is 49.8 Å². The van der Waals surface area contributed by atoms with Gasteiger partial charge in [-0.05, 0) is 12.5 Å². The van der Waals surface area contributed by atoms with Crippen molar-refractivity contribution < 1.29 is 4.74 Å². The molecule has 0 saturated carbocycles. The Bertz CT molecular complexity index is 379. The Labute approximate surface area is 108 Å². The van der Waals surface area contributed by atoms with Crippen molar-refractivity contribution in [3.8, 4) is 5.88 Å². The zero-order chi connectivity index (χ0) is 12.8. The fourth-order valence-corrected chi connectivity index (χ4v) is 1.96. The van der Waals surface area contributed by atoms with E-state index in [1.54, 1.807) is 19.2 Å². The lowest BCUT2D eigenvalue weighted by Gasteiger charge is -2.14. The Morgan fingerprint density at radius 3 is 3.17 bits per heavy atom. The summed E-state index contributed by atoms with van der Waals surface area (Å²) < 4.78 is 5.07. The molecule has 0 radical (unpaired) electrons. The fourth-order valence-electron chi connectivity index (χ4n) is 1.96. The van der Waals surface area contributed by atoms with Crippen LogP contribution in [0.25, 0.3) is 0 Å². The van der Waals surface area contributed by atoms with Crippen molar-refractivity contribution in [2.24, 2.45) is 0 Å². The summed E-state index contributed by atoms with van der Waals surface area (Å²) in [5, 5.41) is 6.56. The molecule has 1 aromatic rings. The SMILES string of the molecule is COc1ccc(N)c(NCCCN2CCNC2)n1. The number of hydrogen-bond donors (Lipinski definition) is 3. The summed E-state index contributed by atoms with van der Waals surface area (Å²) in [6, 6.07) is 3.56. The van der Waals surface area contributed by atoms with E-state index < -0.39 is 0 Å². The van der Waals surface area contributed by atoms with Gasteiger partial charge < -0.3 is 21.1 Å². The topological polar surface area (TPSA) is 75.4 Å². The Morgan fingerprint density at radius 2 is 2.44 bits per heavy atom. The molecule has 0 spiro atoms. The summed E-state index contributed by atoms with van der Waals surface area (Å²) in [6.45, 7) is 5.18. The van der Waals surface area contributed by atoms with E-state index in [0.29, 0.717) is 17.4 Å². The number of pyridine rings is 1. The molecule has 0 atom stereocenters. The lowest BCUT2D eigenvalue weighted by molar-refractivity contribution is 0.333. The number of nitrogens with zero attached hydrogens (tertiary/aromatic N) is 2. The molecule has 1 aromatic heterocycles. The first-order chi connectivity index (χ1) is 8.79. The van der Waals surface area contributed by atoms with Gasteiger partial charge in [0.15, 0.2) is 5.82 Å². The number of nitrogens with two attached hydrogens (primary N) is 1. The maximum absolute atomic E-state index is 5.85. The van der Waals surface area contributed by atoms with Crippen LogP contribution < -0.4 is 21.1 Å². The second-order valence-electron chi connectivity index (χ2n) is 4.35. The van der Waals surface area contributed by atoms with Gasteiger partial charge in [-0.2, -0.15) is 4.98 Å². The Hall–Kier alpha value is -1.53. The van der Waals surface area contributed by atoms with Crippen molar-refractivity contribution in [3.63, 3.8) is 0 Å². The highest BCUT2D eigenvalue weighted by atomic mass is 16.5. The molecule has 2 rings (SSSR count). The molecule has 1 saturated heterocycles. The zero-order valence-electron chi connectivity index (χ0n) is 10.8. The quantitative estimate of drug-likeness (QED) is 0.633. The Balaban J connectivity index is 1.75. The normalized spacial score (nSPS) is 15.8. The summed E-state index contributed by atoms with van der Waals surface area (Å²) in [6.07, 6.45) is 1.07. The zero-order valence-corrected chi connectivity index (χ0v) is 10.8. The molecule has 6 nitrogen and oxygen atoms in total. The van der Waals surface area contributed by atoms with Crippen LogP contribution >= 0.6 is 0 Å². The number of ether oxygens (including phenoxy) is 1. The molecule has 0 bridgehead atoms. The first-order valence-corrected chi connectivity index (χ1v) is 6.27. The number of anilines is 2. The molecule has 0 aliphatic carbocycles. The summed E-state index contributed by atoms with van der Waals surface area (Å²) >= 11 is 0. The van der Waals surface area contributed by atoms with E-state index in [1.807, 2.05) is 0 Å². The maximum Gasteiger partial charge on any atom is 0.215 e. The van der Waals surface area contributed by atoms with Gasteiger partial charge in [0.2, 0.25) is 5.88 Å². The van der Waals surface area contributed by atoms with E-state index in [2.05, 4.69) is 20.5 Å². The van der Waals surface area contributed by atoms with Gasteiger partial charge in [-0.1, -0.05) is 0 Å². The van der Waals surface area contributed by atoms with Gasteiger partial charge in [-0.3, -0.25) is 4.90 Å². The van der Waals surface area contributed by atoms with Crippen LogP contribution in [0.5, 0.6) is 5.88 Å². The molecule has 2 heterocycles. The molecule has 0 aromatic carbocycles. The van der Waals surface area contributed by atoms with Crippen molar-refractivity contribution in [2.45, 2.75) is 6.42 Å². The number of nitrogen functional groups attached to an aromatic ring is 1. The number of methoxy groups -OCH3 is 1. The van der Waals surface area contributed by atoms with E-state index >= 15 is 0 Å². The van der Waals surface area contributed by atoms with Gasteiger partial charge >= 0.3 is 0 Å². The van der Waals surface area contributed by atoms with Gasteiger partial charge in [0, 0.05) is 38.9 Å². The van der Waals surface area contributed by atoms with Gasteiger partial charge in [-0.15, -0.1) is 0 Å². The van der Waals surface area contributed by atoms with E-state index in [9.17, 15) is 0 Å². The maximum atomic E-state index is 5.85. The highest BCUT2D eigenvalue weighted by Crippen LogP contribution is 2.19. The van der Waals surface area contributed by atoms with E-state index in [0.717, 1.165) is 39.3 Å². The molecule has 0 unspecified atom stereocenters. The number of hydrogen-bond acceptors (Lipinski definition) is 6. The lowest BCUT2D eigenvalue weighted by atomic mass is 10.3. The smallest absolute Gasteiger partial charge is 0.215 e. The third-order valence-corrected chi connectivity index (χ3v) is 2.99. The average Bonchev–Trinajstić information content (AvgIpc) is 2.89. The first-order valence-electron chi connectivity index (χ1n) is 6.27. The van der Waals surface area contributed by atoms with Crippen molar-refractivity contribution >= 4 is 11.5 Å². The minimum atomic E-state index is 0.579. The Morgan fingerprint density at radius 1 is 1.56 bits per heavy atom. The van der Waals surface area contributed by atoms with Gasteiger partial charge in [0.1, 0.15) is 0 Å². The number of aromatic nitrogens is 1. The summed E-state index contributed by atoms with van der Waals surface area (Å²) in [5.41, 5.74) is 6.50. The molecular formula is C12H21N5O. The van der Waals surface area contributed by atoms with E-state index in [-0.39, 0.29) is 0 Å². The Kier molecular flexibility index (Phi) is 4.60. The standard InChI is InChI=1S/C12H21N5O/c1-18-11-4-3-10(13)12(16-11)15-5-2-7-17-8-6-14-9-17/h3-4,14H,2,5-9,13H2,1H3,(H,15,16). The molecule has 100 valence electrons. The van der Waals surface area contributed by atoms with Gasteiger partial charge in [-0.25, -0.2) is 0 Å². The molecule has 18 heavy (non-hydrogen) atoms. The first kappa shape index (κ1) is 12.9. The van der Waals surface area contributed by atoms with Crippen LogP contribution in [-0.2, 0) is 0 Å². The average molecular weight is 251 g/mol. The van der Waals surface area contributed by atoms with E-state index in [1.165, 1.54) is 0 Å². The molecule has 4 N–H and O–H groups in total. The fraction of sp³-hybridized carbons (Fsp3) is 0.583. The van der Waals surface area contributed by atoms with Crippen LogP contribution in [0.15, 0.2) is 12.1 Å². The second kappa shape index (κ2) is 6.42. The molecule has 1 aliphatic rings.